The highest BCUT2D eigenvalue weighted by Gasteiger charge is 2.08. The SMILES string of the molecule is O=C(NCc1cccc(Cn2ccnc2)c1)c1ccc(Br)s1. The third-order valence-electron chi connectivity index (χ3n) is 3.17. The molecule has 0 fully saturated rings. The summed E-state index contributed by atoms with van der Waals surface area (Å²) in [5.41, 5.74) is 2.27. The number of carbonyl (C=O) groups is 1. The van der Waals surface area contributed by atoms with Crippen molar-refractivity contribution in [1.29, 1.82) is 0 Å². The molecule has 4 nitrogen and oxygen atoms in total. The van der Waals surface area contributed by atoms with Gasteiger partial charge in [-0.15, -0.1) is 11.3 Å². The fourth-order valence-corrected chi connectivity index (χ4v) is 3.44. The Balaban J connectivity index is 1.62. The first-order chi connectivity index (χ1) is 10.7. The second kappa shape index (κ2) is 6.89. The number of rotatable bonds is 5. The summed E-state index contributed by atoms with van der Waals surface area (Å²) in [6.07, 6.45) is 5.50. The molecule has 0 aliphatic carbocycles. The van der Waals surface area contributed by atoms with Crippen LogP contribution in [-0.4, -0.2) is 15.5 Å². The number of nitrogens with one attached hydrogen (secondary N) is 1. The van der Waals surface area contributed by atoms with E-state index in [-0.39, 0.29) is 5.91 Å². The van der Waals surface area contributed by atoms with Gasteiger partial charge in [0.2, 0.25) is 0 Å². The summed E-state index contributed by atoms with van der Waals surface area (Å²) >= 11 is 4.80. The van der Waals surface area contributed by atoms with Crippen LogP contribution in [0.25, 0.3) is 0 Å². The number of aromatic nitrogens is 2. The normalized spacial score (nSPS) is 10.6. The average Bonchev–Trinajstić information content (AvgIpc) is 3.17. The van der Waals surface area contributed by atoms with E-state index in [2.05, 4.69) is 38.4 Å². The van der Waals surface area contributed by atoms with Crippen molar-refractivity contribution in [1.82, 2.24) is 14.9 Å². The standard InChI is InChI=1S/C16H14BrN3OS/c17-15-5-4-14(22-15)16(21)19-9-12-2-1-3-13(8-12)10-20-7-6-18-11-20/h1-8,11H,9-10H2,(H,19,21). The van der Waals surface area contributed by atoms with Gasteiger partial charge in [-0.2, -0.15) is 0 Å². The van der Waals surface area contributed by atoms with Gasteiger partial charge in [0.15, 0.2) is 0 Å². The molecule has 0 spiro atoms. The van der Waals surface area contributed by atoms with E-state index in [4.69, 9.17) is 0 Å². The summed E-state index contributed by atoms with van der Waals surface area (Å²) in [6, 6.07) is 11.9. The molecule has 1 N–H and O–H groups in total. The van der Waals surface area contributed by atoms with Gasteiger partial charge in [0.05, 0.1) is 15.0 Å². The molecular weight excluding hydrogens is 362 g/mol. The Morgan fingerprint density at radius 2 is 2.14 bits per heavy atom. The summed E-state index contributed by atoms with van der Waals surface area (Å²) in [5, 5.41) is 2.95. The highest BCUT2D eigenvalue weighted by atomic mass is 79.9. The third kappa shape index (κ3) is 3.84. The fraction of sp³-hybridized carbons (Fsp3) is 0.125. The van der Waals surface area contributed by atoms with Crippen molar-refractivity contribution in [2.75, 3.05) is 0 Å². The van der Waals surface area contributed by atoms with Crippen LogP contribution in [0.15, 0.2) is 58.9 Å². The smallest absolute Gasteiger partial charge is 0.261 e. The molecule has 1 aromatic carbocycles. The first kappa shape index (κ1) is 15.0. The molecule has 0 atom stereocenters. The van der Waals surface area contributed by atoms with Crippen LogP contribution in [0.4, 0.5) is 0 Å². The number of carbonyl (C=O) groups excluding carboxylic acids is 1. The number of amides is 1. The molecule has 6 heteroatoms. The van der Waals surface area contributed by atoms with Crippen molar-refractivity contribution in [3.8, 4) is 0 Å². The van der Waals surface area contributed by atoms with Gasteiger partial charge >= 0.3 is 0 Å². The summed E-state index contributed by atoms with van der Waals surface area (Å²) in [5.74, 6) is -0.0456. The minimum atomic E-state index is -0.0456. The van der Waals surface area contributed by atoms with Crippen molar-refractivity contribution < 1.29 is 4.79 Å². The second-order valence-electron chi connectivity index (χ2n) is 4.84. The van der Waals surface area contributed by atoms with Crippen molar-refractivity contribution in [2.24, 2.45) is 0 Å². The zero-order chi connectivity index (χ0) is 15.4. The Morgan fingerprint density at radius 3 is 2.86 bits per heavy atom. The number of hydrogen-bond donors (Lipinski definition) is 1. The van der Waals surface area contributed by atoms with Crippen LogP contribution in [0.2, 0.25) is 0 Å². The van der Waals surface area contributed by atoms with Gasteiger partial charge < -0.3 is 9.88 Å². The van der Waals surface area contributed by atoms with E-state index < -0.39 is 0 Å². The van der Waals surface area contributed by atoms with Crippen LogP contribution >= 0.6 is 27.3 Å². The Labute approximate surface area is 140 Å². The van der Waals surface area contributed by atoms with E-state index in [0.717, 1.165) is 15.9 Å². The number of nitrogens with zero attached hydrogens (tertiary/aromatic N) is 2. The minimum Gasteiger partial charge on any atom is -0.347 e. The van der Waals surface area contributed by atoms with Gasteiger partial charge in [0.25, 0.3) is 5.91 Å². The van der Waals surface area contributed by atoms with Gasteiger partial charge in [0.1, 0.15) is 0 Å². The van der Waals surface area contributed by atoms with Crippen molar-refractivity contribution >= 4 is 33.2 Å². The lowest BCUT2D eigenvalue weighted by Gasteiger charge is -2.07. The van der Waals surface area contributed by atoms with Crippen LogP contribution in [0.3, 0.4) is 0 Å². The van der Waals surface area contributed by atoms with Gasteiger partial charge in [-0.25, -0.2) is 4.98 Å². The van der Waals surface area contributed by atoms with E-state index in [1.165, 1.54) is 16.9 Å². The van der Waals surface area contributed by atoms with Crippen molar-refractivity contribution in [3.05, 3.63) is 74.9 Å². The van der Waals surface area contributed by atoms with E-state index >= 15 is 0 Å². The molecule has 0 aliphatic rings. The predicted octanol–water partition coefficient (Wildman–Crippen LogP) is 3.69. The van der Waals surface area contributed by atoms with Gasteiger partial charge in [-0.1, -0.05) is 24.3 Å². The predicted molar refractivity (Wildman–Crippen MR) is 91.0 cm³/mol. The summed E-state index contributed by atoms with van der Waals surface area (Å²) in [6.45, 7) is 1.30. The number of imidazole rings is 1. The summed E-state index contributed by atoms with van der Waals surface area (Å²) < 4.78 is 2.97. The lowest BCUT2D eigenvalue weighted by molar-refractivity contribution is 0.0955. The monoisotopic (exact) mass is 375 g/mol. The molecule has 2 aromatic heterocycles. The molecule has 0 saturated heterocycles. The number of thiophene rings is 1. The molecule has 0 unspecified atom stereocenters. The lowest BCUT2D eigenvalue weighted by Crippen LogP contribution is -2.21. The molecule has 0 bridgehead atoms. The maximum Gasteiger partial charge on any atom is 0.261 e. The zero-order valence-corrected chi connectivity index (χ0v) is 14.1. The molecule has 112 valence electrons. The number of halogens is 1. The van der Waals surface area contributed by atoms with Crippen molar-refractivity contribution in [3.63, 3.8) is 0 Å². The highest BCUT2D eigenvalue weighted by Crippen LogP contribution is 2.21. The number of benzene rings is 1. The second-order valence-corrected chi connectivity index (χ2v) is 7.30. The van der Waals surface area contributed by atoms with Gasteiger partial charge in [-0.05, 0) is 39.2 Å². The van der Waals surface area contributed by atoms with Crippen LogP contribution in [-0.2, 0) is 13.1 Å². The molecular formula is C16H14BrN3OS. The Hall–Kier alpha value is -1.92. The van der Waals surface area contributed by atoms with Gasteiger partial charge in [0, 0.05) is 25.5 Å². The molecule has 1 amide bonds. The molecule has 0 aliphatic heterocycles. The average molecular weight is 376 g/mol. The Kier molecular flexibility index (Phi) is 4.70. The zero-order valence-electron chi connectivity index (χ0n) is 11.7. The Morgan fingerprint density at radius 1 is 1.27 bits per heavy atom. The van der Waals surface area contributed by atoms with Crippen LogP contribution in [0.1, 0.15) is 20.8 Å². The maximum atomic E-state index is 12.0. The minimum absolute atomic E-state index is 0.0456. The van der Waals surface area contributed by atoms with Crippen LogP contribution in [0, 0.1) is 0 Å². The van der Waals surface area contributed by atoms with Crippen LogP contribution < -0.4 is 5.32 Å². The van der Waals surface area contributed by atoms with E-state index in [1.807, 2.05) is 35.0 Å². The topological polar surface area (TPSA) is 46.9 Å². The van der Waals surface area contributed by atoms with E-state index in [1.54, 1.807) is 12.5 Å². The fourth-order valence-electron chi connectivity index (χ4n) is 2.13. The molecule has 3 aromatic rings. The highest BCUT2D eigenvalue weighted by molar-refractivity contribution is 9.11. The maximum absolute atomic E-state index is 12.0. The molecule has 2 heterocycles. The first-order valence-corrected chi connectivity index (χ1v) is 8.39. The van der Waals surface area contributed by atoms with E-state index in [0.29, 0.717) is 11.4 Å². The van der Waals surface area contributed by atoms with Crippen molar-refractivity contribution in [2.45, 2.75) is 13.1 Å². The molecule has 3 rings (SSSR count). The van der Waals surface area contributed by atoms with E-state index in [9.17, 15) is 4.79 Å². The number of hydrogen-bond acceptors (Lipinski definition) is 3. The van der Waals surface area contributed by atoms with Gasteiger partial charge in [-0.3, -0.25) is 4.79 Å². The molecule has 0 radical (unpaired) electrons. The Bertz CT molecular complexity index is 767. The molecule has 0 saturated carbocycles. The summed E-state index contributed by atoms with van der Waals surface area (Å²) in [4.78, 5) is 16.8. The largest absolute Gasteiger partial charge is 0.347 e. The lowest BCUT2D eigenvalue weighted by atomic mass is 10.1. The quantitative estimate of drug-likeness (QED) is 0.739. The first-order valence-electron chi connectivity index (χ1n) is 6.78. The summed E-state index contributed by atoms with van der Waals surface area (Å²) in [7, 11) is 0. The van der Waals surface area contributed by atoms with Crippen LogP contribution in [0.5, 0.6) is 0 Å². The third-order valence-corrected chi connectivity index (χ3v) is 4.79. The molecule has 22 heavy (non-hydrogen) atoms.